The molecule has 5 heteroatoms. The lowest BCUT2D eigenvalue weighted by atomic mass is 9.92. The molecule has 0 bridgehead atoms. The van der Waals surface area contributed by atoms with E-state index in [0.717, 1.165) is 11.1 Å². The van der Waals surface area contributed by atoms with Crippen LogP contribution in [0.25, 0.3) is 11.1 Å². The molecule has 0 saturated carbocycles. The largest absolute Gasteiger partial charge is 0.509 e. The van der Waals surface area contributed by atoms with Crippen LogP contribution in [0, 0.1) is 6.92 Å². The normalized spacial score (nSPS) is 18.5. The summed E-state index contributed by atoms with van der Waals surface area (Å²) >= 11 is 0. The molecule has 2 aromatic rings. The first-order chi connectivity index (χ1) is 12.5. The van der Waals surface area contributed by atoms with Crippen LogP contribution >= 0.6 is 0 Å². The summed E-state index contributed by atoms with van der Waals surface area (Å²) in [5, 5.41) is 0. The Balaban J connectivity index is 1.49. The molecule has 0 unspecified atom stereocenters. The number of aryl methyl sites for hydroxylation is 1. The number of carbonyl (C=O) groups is 2. The highest BCUT2D eigenvalue weighted by molar-refractivity contribution is 5.95. The lowest BCUT2D eigenvalue weighted by Crippen LogP contribution is -2.48. The van der Waals surface area contributed by atoms with Crippen molar-refractivity contribution in [2.75, 3.05) is 19.7 Å². The lowest BCUT2D eigenvalue weighted by molar-refractivity contribution is 0.00281. The number of nitrogens with zero attached hydrogens (tertiary/aromatic N) is 1. The number of rotatable bonds is 2. The van der Waals surface area contributed by atoms with Gasteiger partial charge in [0.25, 0.3) is 5.91 Å². The number of benzene rings is 2. The van der Waals surface area contributed by atoms with Crippen LogP contribution in [-0.4, -0.2) is 42.3 Å². The van der Waals surface area contributed by atoms with Gasteiger partial charge in [0.1, 0.15) is 6.61 Å². The smallest absolute Gasteiger partial charge is 0.430 e. The van der Waals surface area contributed by atoms with Gasteiger partial charge >= 0.3 is 6.16 Å². The maximum Gasteiger partial charge on any atom is 0.509 e. The summed E-state index contributed by atoms with van der Waals surface area (Å²) in [7, 11) is 0. The van der Waals surface area contributed by atoms with Crippen LogP contribution in [0.1, 0.15) is 28.8 Å². The van der Waals surface area contributed by atoms with Gasteiger partial charge in [0.05, 0.1) is 0 Å². The zero-order valence-corrected chi connectivity index (χ0v) is 14.7. The van der Waals surface area contributed by atoms with E-state index in [9.17, 15) is 9.59 Å². The van der Waals surface area contributed by atoms with E-state index in [2.05, 4.69) is 25.1 Å². The average Bonchev–Trinajstić information content (AvgIpc) is 3.02. The van der Waals surface area contributed by atoms with Gasteiger partial charge in [0, 0.05) is 31.5 Å². The van der Waals surface area contributed by atoms with Crippen molar-refractivity contribution in [2.45, 2.75) is 25.4 Å². The lowest BCUT2D eigenvalue weighted by Gasteiger charge is -2.36. The minimum atomic E-state index is -0.601. The van der Waals surface area contributed by atoms with Gasteiger partial charge in [-0.1, -0.05) is 42.0 Å². The van der Waals surface area contributed by atoms with Gasteiger partial charge in [-0.05, 0) is 30.2 Å². The number of cyclic esters (lactones) is 1. The second-order valence-corrected chi connectivity index (χ2v) is 7.07. The highest BCUT2D eigenvalue weighted by Crippen LogP contribution is 2.32. The third-order valence-corrected chi connectivity index (χ3v) is 5.18. The summed E-state index contributed by atoms with van der Waals surface area (Å²) in [6.45, 7) is 3.46. The van der Waals surface area contributed by atoms with Crippen LogP contribution in [0.2, 0.25) is 0 Å². The van der Waals surface area contributed by atoms with Crippen LogP contribution < -0.4 is 0 Å². The van der Waals surface area contributed by atoms with Crippen LogP contribution in [-0.2, 0) is 9.47 Å². The number of hydrogen-bond acceptors (Lipinski definition) is 4. The summed E-state index contributed by atoms with van der Waals surface area (Å²) in [6, 6.07) is 16.0. The Morgan fingerprint density at radius 2 is 1.73 bits per heavy atom. The molecule has 1 spiro atoms. The summed E-state index contributed by atoms with van der Waals surface area (Å²) in [5.41, 5.74) is 3.46. The molecule has 2 aliphatic heterocycles. The van der Waals surface area contributed by atoms with E-state index in [0.29, 0.717) is 31.5 Å². The van der Waals surface area contributed by atoms with Crippen molar-refractivity contribution >= 4 is 12.1 Å². The molecule has 0 aliphatic carbocycles. The molecule has 0 aromatic heterocycles. The highest BCUT2D eigenvalue weighted by Gasteiger charge is 2.45. The van der Waals surface area contributed by atoms with Crippen molar-refractivity contribution in [2.24, 2.45) is 0 Å². The van der Waals surface area contributed by atoms with Gasteiger partial charge in [-0.3, -0.25) is 4.79 Å². The quantitative estimate of drug-likeness (QED) is 0.772. The van der Waals surface area contributed by atoms with E-state index in [-0.39, 0.29) is 12.5 Å². The summed E-state index contributed by atoms with van der Waals surface area (Å²) in [6.07, 6.45) is 0.625. The molecule has 2 saturated heterocycles. The Bertz CT molecular complexity index is 853. The number of hydrogen-bond donors (Lipinski definition) is 0. The van der Waals surface area contributed by atoms with Crippen LogP contribution in [0.3, 0.4) is 0 Å². The number of carbonyl (C=O) groups excluding carboxylic acids is 2. The van der Waals surface area contributed by atoms with E-state index >= 15 is 0 Å². The number of likely N-dealkylation sites (tertiary alicyclic amines) is 1. The van der Waals surface area contributed by atoms with Crippen molar-refractivity contribution in [3.8, 4) is 11.1 Å². The average molecular weight is 351 g/mol. The standard InChI is InChI=1S/C21H21NO4/c1-15-4-2-5-16(12-15)17-6-3-7-18(13-17)19(23)22-10-8-21(9-11-22)14-25-20(24)26-21/h2-7,12-13H,8-11,14H2,1H3. The van der Waals surface area contributed by atoms with Crippen molar-refractivity contribution < 1.29 is 19.1 Å². The Kier molecular flexibility index (Phi) is 4.15. The van der Waals surface area contributed by atoms with Crippen LogP contribution in [0.4, 0.5) is 4.79 Å². The molecule has 2 aromatic carbocycles. The van der Waals surface area contributed by atoms with Crippen LogP contribution in [0.15, 0.2) is 48.5 Å². The predicted octanol–water partition coefficient (Wildman–Crippen LogP) is 3.80. The van der Waals surface area contributed by atoms with Gasteiger partial charge in [-0.2, -0.15) is 0 Å². The minimum Gasteiger partial charge on any atom is -0.430 e. The Labute approximate surface area is 152 Å². The van der Waals surface area contributed by atoms with Gasteiger partial charge < -0.3 is 14.4 Å². The first-order valence-electron chi connectivity index (χ1n) is 8.87. The van der Waals surface area contributed by atoms with Gasteiger partial charge in [-0.15, -0.1) is 0 Å². The Morgan fingerprint density at radius 1 is 1.04 bits per heavy atom. The molecule has 0 atom stereocenters. The zero-order valence-electron chi connectivity index (χ0n) is 14.7. The molecule has 2 fully saturated rings. The second kappa shape index (κ2) is 6.48. The van der Waals surface area contributed by atoms with E-state index in [1.54, 1.807) is 0 Å². The molecular formula is C21H21NO4. The molecule has 4 rings (SSSR count). The first kappa shape index (κ1) is 16.6. The first-order valence-corrected chi connectivity index (χ1v) is 8.87. The van der Waals surface area contributed by atoms with Crippen molar-refractivity contribution in [3.05, 3.63) is 59.7 Å². The number of piperidine rings is 1. The molecule has 1 amide bonds. The van der Waals surface area contributed by atoms with Gasteiger partial charge in [-0.25, -0.2) is 4.79 Å². The maximum absolute atomic E-state index is 12.9. The Hall–Kier alpha value is -2.82. The summed E-state index contributed by atoms with van der Waals surface area (Å²) < 4.78 is 10.2. The SMILES string of the molecule is Cc1cccc(-c2cccc(C(=O)N3CCC4(CC3)COC(=O)O4)c2)c1. The predicted molar refractivity (Wildman–Crippen MR) is 96.9 cm³/mol. The fourth-order valence-corrected chi connectivity index (χ4v) is 3.63. The molecule has 134 valence electrons. The van der Waals surface area contributed by atoms with Crippen LogP contribution in [0.5, 0.6) is 0 Å². The van der Waals surface area contributed by atoms with Gasteiger partial charge in [0.15, 0.2) is 5.60 Å². The molecule has 5 nitrogen and oxygen atoms in total. The van der Waals surface area contributed by atoms with E-state index < -0.39 is 11.8 Å². The third kappa shape index (κ3) is 3.17. The fraction of sp³-hybridized carbons (Fsp3) is 0.333. The number of ether oxygens (including phenoxy) is 2. The molecule has 2 heterocycles. The molecule has 2 aliphatic rings. The maximum atomic E-state index is 12.9. The zero-order chi connectivity index (χ0) is 18.1. The van der Waals surface area contributed by atoms with E-state index in [4.69, 9.17) is 9.47 Å². The highest BCUT2D eigenvalue weighted by atomic mass is 16.8. The van der Waals surface area contributed by atoms with E-state index in [1.165, 1.54) is 5.56 Å². The molecule has 0 N–H and O–H groups in total. The number of amides is 1. The minimum absolute atomic E-state index is 0.0135. The fourth-order valence-electron chi connectivity index (χ4n) is 3.63. The summed E-state index contributed by atoms with van der Waals surface area (Å²) in [4.78, 5) is 26.0. The topological polar surface area (TPSA) is 55.8 Å². The van der Waals surface area contributed by atoms with E-state index in [1.807, 2.05) is 35.2 Å². The summed E-state index contributed by atoms with van der Waals surface area (Å²) in [5.74, 6) is 0.0135. The molecule has 0 radical (unpaired) electrons. The third-order valence-electron chi connectivity index (χ3n) is 5.18. The van der Waals surface area contributed by atoms with Gasteiger partial charge in [0.2, 0.25) is 0 Å². The van der Waals surface area contributed by atoms with Crippen molar-refractivity contribution in [1.82, 2.24) is 4.90 Å². The monoisotopic (exact) mass is 351 g/mol. The molecule has 26 heavy (non-hydrogen) atoms. The van der Waals surface area contributed by atoms with Crippen molar-refractivity contribution in [1.29, 1.82) is 0 Å². The second-order valence-electron chi connectivity index (χ2n) is 7.07. The van der Waals surface area contributed by atoms with Crippen molar-refractivity contribution in [3.63, 3.8) is 0 Å². The Morgan fingerprint density at radius 3 is 2.38 bits per heavy atom. The molecular weight excluding hydrogens is 330 g/mol.